The first-order chi connectivity index (χ1) is 9.61. The lowest BCUT2D eigenvalue weighted by Crippen LogP contribution is -2.19. The third kappa shape index (κ3) is 3.36. The zero-order valence-corrected chi connectivity index (χ0v) is 11.8. The monoisotopic (exact) mass is 288 g/mol. The molecule has 2 aromatic carbocycles. The largest absolute Gasteiger partial charge is 0.294 e. The average molecular weight is 289 g/mol. The Bertz CT molecular complexity index is 649. The summed E-state index contributed by atoms with van der Waals surface area (Å²) in [6.45, 7) is 2.16. The van der Waals surface area contributed by atoms with Gasteiger partial charge in [-0.2, -0.15) is 5.26 Å². The van der Waals surface area contributed by atoms with Gasteiger partial charge in [0.05, 0.1) is 6.07 Å². The molecule has 0 amide bonds. The van der Waals surface area contributed by atoms with E-state index in [2.05, 4.69) is 11.4 Å². The van der Waals surface area contributed by atoms with Crippen LogP contribution in [0.15, 0.2) is 42.5 Å². The zero-order chi connectivity index (χ0) is 14.5. The number of nitrogens with one attached hydrogen (secondary N) is 1. The Hall–Kier alpha value is -1.89. The number of hydrogen-bond acceptors (Lipinski definition) is 2. The highest BCUT2D eigenvalue weighted by molar-refractivity contribution is 6.31. The minimum Gasteiger partial charge on any atom is -0.294 e. The molecular weight excluding hydrogens is 275 g/mol. The third-order valence-corrected chi connectivity index (χ3v) is 3.47. The van der Waals surface area contributed by atoms with Gasteiger partial charge in [0.1, 0.15) is 11.9 Å². The number of nitriles is 1. The fourth-order valence-corrected chi connectivity index (χ4v) is 2.14. The second-order valence-corrected chi connectivity index (χ2v) is 4.95. The van der Waals surface area contributed by atoms with Crippen LogP contribution in [-0.2, 0) is 6.54 Å². The van der Waals surface area contributed by atoms with Crippen LogP contribution in [0.25, 0.3) is 0 Å². The second kappa shape index (κ2) is 6.51. The molecule has 20 heavy (non-hydrogen) atoms. The van der Waals surface area contributed by atoms with E-state index in [1.165, 1.54) is 6.07 Å². The van der Waals surface area contributed by atoms with Gasteiger partial charge in [-0.15, -0.1) is 0 Å². The molecule has 0 aromatic heterocycles. The summed E-state index contributed by atoms with van der Waals surface area (Å²) in [7, 11) is 0. The van der Waals surface area contributed by atoms with Gasteiger partial charge < -0.3 is 0 Å². The Morgan fingerprint density at radius 3 is 2.70 bits per heavy atom. The minimum absolute atomic E-state index is 0.267. The number of rotatable bonds is 4. The maximum Gasteiger partial charge on any atom is 0.126 e. The van der Waals surface area contributed by atoms with Crippen molar-refractivity contribution < 1.29 is 4.39 Å². The molecule has 0 bridgehead atoms. The number of benzene rings is 2. The molecule has 2 nitrogen and oxygen atoms in total. The number of nitrogens with zero attached hydrogens (tertiary/aromatic N) is 1. The second-order valence-electron chi connectivity index (χ2n) is 4.54. The van der Waals surface area contributed by atoms with Gasteiger partial charge in [-0.25, -0.2) is 4.39 Å². The van der Waals surface area contributed by atoms with Crippen molar-refractivity contribution >= 4 is 11.6 Å². The summed E-state index contributed by atoms with van der Waals surface area (Å²) in [5, 5.41) is 13.0. The molecule has 0 radical (unpaired) electrons. The minimum atomic E-state index is -0.495. The molecule has 2 aromatic rings. The van der Waals surface area contributed by atoms with Crippen molar-refractivity contribution in [1.29, 1.82) is 5.26 Å². The highest BCUT2D eigenvalue weighted by Gasteiger charge is 2.12. The van der Waals surface area contributed by atoms with E-state index < -0.39 is 6.04 Å². The van der Waals surface area contributed by atoms with Crippen LogP contribution in [0.5, 0.6) is 0 Å². The molecule has 1 atom stereocenters. The lowest BCUT2D eigenvalue weighted by molar-refractivity contribution is 0.607. The summed E-state index contributed by atoms with van der Waals surface area (Å²) >= 11 is 6.07. The van der Waals surface area contributed by atoms with Gasteiger partial charge in [0, 0.05) is 11.6 Å². The van der Waals surface area contributed by atoms with Crippen LogP contribution in [0.2, 0.25) is 5.02 Å². The van der Waals surface area contributed by atoms with E-state index in [4.69, 9.17) is 11.6 Å². The van der Waals surface area contributed by atoms with Crippen molar-refractivity contribution in [3.8, 4) is 6.07 Å². The number of halogens is 2. The van der Waals surface area contributed by atoms with Crippen molar-refractivity contribution in [2.45, 2.75) is 19.5 Å². The van der Waals surface area contributed by atoms with Crippen molar-refractivity contribution in [2.75, 3.05) is 0 Å². The van der Waals surface area contributed by atoms with E-state index in [0.717, 1.165) is 11.1 Å². The van der Waals surface area contributed by atoms with Crippen molar-refractivity contribution in [3.05, 3.63) is 70.0 Å². The molecule has 0 fully saturated rings. The van der Waals surface area contributed by atoms with E-state index in [1.54, 1.807) is 19.1 Å². The lowest BCUT2D eigenvalue weighted by Gasteiger charge is -2.13. The maximum atomic E-state index is 13.2. The predicted molar refractivity (Wildman–Crippen MR) is 77.8 cm³/mol. The average Bonchev–Trinajstić information content (AvgIpc) is 2.45. The molecular formula is C16H14ClFN2. The van der Waals surface area contributed by atoms with E-state index in [1.807, 2.05) is 24.3 Å². The SMILES string of the molecule is Cc1cc(C(C#N)NCc2ccccc2Cl)ccc1F. The Morgan fingerprint density at radius 2 is 2.05 bits per heavy atom. The molecule has 1 N–H and O–H groups in total. The van der Waals surface area contributed by atoms with Gasteiger partial charge in [-0.1, -0.05) is 41.9 Å². The van der Waals surface area contributed by atoms with Gasteiger partial charge in [0.15, 0.2) is 0 Å². The first-order valence-corrected chi connectivity index (χ1v) is 6.62. The first kappa shape index (κ1) is 14.5. The van der Waals surface area contributed by atoms with Crippen molar-refractivity contribution in [2.24, 2.45) is 0 Å². The van der Waals surface area contributed by atoms with Gasteiger partial charge in [-0.05, 0) is 35.7 Å². The Kier molecular flexibility index (Phi) is 4.73. The standard InChI is InChI=1S/C16H14ClFN2/c1-11-8-12(6-7-15(11)18)16(9-19)20-10-13-4-2-3-5-14(13)17/h2-8,16,20H,10H2,1H3. The molecule has 102 valence electrons. The van der Waals surface area contributed by atoms with Crippen LogP contribution in [0.1, 0.15) is 22.7 Å². The van der Waals surface area contributed by atoms with Crippen LogP contribution in [0, 0.1) is 24.1 Å². The van der Waals surface area contributed by atoms with E-state index in [9.17, 15) is 9.65 Å². The van der Waals surface area contributed by atoms with Crippen molar-refractivity contribution in [3.63, 3.8) is 0 Å². The van der Waals surface area contributed by atoms with E-state index in [0.29, 0.717) is 17.1 Å². The summed E-state index contributed by atoms with van der Waals surface area (Å²) in [4.78, 5) is 0. The van der Waals surface area contributed by atoms with Crippen LogP contribution >= 0.6 is 11.6 Å². The van der Waals surface area contributed by atoms with Crippen LogP contribution < -0.4 is 5.32 Å². The van der Waals surface area contributed by atoms with E-state index in [-0.39, 0.29) is 5.82 Å². The number of hydrogen-bond donors (Lipinski definition) is 1. The highest BCUT2D eigenvalue weighted by Crippen LogP contribution is 2.19. The van der Waals surface area contributed by atoms with Gasteiger partial charge in [-0.3, -0.25) is 5.32 Å². The maximum absolute atomic E-state index is 13.2. The fourth-order valence-electron chi connectivity index (χ4n) is 1.94. The quantitative estimate of drug-likeness (QED) is 0.918. The Labute approximate surface area is 122 Å². The molecule has 0 saturated heterocycles. The van der Waals surface area contributed by atoms with Gasteiger partial charge in [0.2, 0.25) is 0 Å². The number of aryl methyl sites for hydroxylation is 1. The topological polar surface area (TPSA) is 35.8 Å². The summed E-state index contributed by atoms with van der Waals surface area (Å²) in [5.74, 6) is -0.267. The molecule has 0 aliphatic rings. The van der Waals surface area contributed by atoms with Crippen LogP contribution in [-0.4, -0.2) is 0 Å². The summed E-state index contributed by atoms with van der Waals surface area (Å²) in [5.41, 5.74) is 2.20. The molecule has 0 aliphatic heterocycles. The molecule has 0 spiro atoms. The summed E-state index contributed by atoms with van der Waals surface area (Å²) in [6, 6.07) is 13.8. The van der Waals surface area contributed by atoms with Crippen molar-refractivity contribution in [1.82, 2.24) is 5.32 Å². The molecule has 0 heterocycles. The molecule has 4 heteroatoms. The zero-order valence-electron chi connectivity index (χ0n) is 11.0. The fraction of sp³-hybridized carbons (Fsp3) is 0.188. The summed E-state index contributed by atoms with van der Waals surface area (Å²) < 4.78 is 13.2. The first-order valence-electron chi connectivity index (χ1n) is 6.24. The molecule has 0 saturated carbocycles. The van der Waals surface area contributed by atoms with Crippen LogP contribution in [0.4, 0.5) is 4.39 Å². The highest BCUT2D eigenvalue weighted by atomic mass is 35.5. The summed E-state index contributed by atoms with van der Waals surface area (Å²) in [6.07, 6.45) is 0. The smallest absolute Gasteiger partial charge is 0.126 e. The Morgan fingerprint density at radius 1 is 1.30 bits per heavy atom. The Balaban J connectivity index is 2.12. The predicted octanol–water partition coefficient (Wildman–Crippen LogP) is 4.14. The molecule has 1 unspecified atom stereocenters. The van der Waals surface area contributed by atoms with Gasteiger partial charge in [0.25, 0.3) is 0 Å². The van der Waals surface area contributed by atoms with E-state index >= 15 is 0 Å². The van der Waals surface area contributed by atoms with Gasteiger partial charge >= 0.3 is 0 Å². The molecule has 2 rings (SSSR count). The molecule has 0 aliphatic carbocycles. The normalized spacial score (nSPS) is 11.9. The van der Waals surface area contributed by atoms with Crippen LogP contribution in [0.3, 0.4) is 0 Å². The third-order valence-electron chi connectivity index (χ3n) is 3.10. The lowest BCUT2D eigenvalue weighted by atomic mass is 10.0.